The summed E-state index contributed by atoms with van der Waals surface area (Å²) in [4.78, 5) is 2.42. The van der Waals surface area contributed by atoms with Crippen molar-refractivity contribution < 1.29 is 0 Å². The van der Waals surface area contributed by atoms with Gasteiger partial charge in [-0.2, -0.15) is 0 Å². The van der Waals surface area contributed by atoms with Gasteiger partial charge < -0.3 is 10.6 Å². The maximum atomic E-state index is 6.27. The average Bonchev–Trinajstić information content (AvgIpc) is 2.35. The van der Waals surface area contributed by atoms with Gasteiger partial charge in [0.15, 0.2) is 0 Å². The molecular formula is C14H24N2. The van der Waals surface area contributed by atoms with Gasteiger partial charge in [0.1, 0.15) is 0 Å². The Balaban J connectivity index is 2.57. The van der Waals surface area contributed by atoms with E-state index in [9.17, 15) is 0 Å². The Morgan fingerprint density at radius 2 is 1.69 bits per heavy atom. The third kappa shape index (κ3) is 3.62. The molecule has 16 heavy (non-hydrogen) atoms. The lowest BCUT2D eigenvalue weighted by atomic mass is 9.95. The topological polar surface area (TPSA) is 29.3 Å². The third-order valence-corrected chi connectivity index (χ3v) is 3.24. The molecule has 0 aromatic heterocycles. The molecule has 0 heterocycles. The monoisotopic (exact) mass is 220 g/mol. The van der Waals surface area contributed by atoms with Crippen LogP contribution in [0.1, 0.15) is 32.4 Å². The van der Waals surface area contributed by atoms with Crippen molar-refractivity contribution in [3.63, 3.8) is 0 Å². The van der Waals surface area contributed by atoms with Crippen molar-refractivity contribution in [3.8, 4) is 0 Å². The van der Waals surface area contributed by atoms with Crippen molar-refractivity contribution in [3.05, 3.63) is 35.9 Å². The van der Waals surface area contributed by atoms with Crippen molar-refractivity contribution in [2.75, 3.05) is 19.6 Å². The minimum Gasteiger partial charge on any atom is -0.324 e. The predicted octanol–water partition coefficient (Wildman–Crippen LogP) is 2.66. The van der Waals surface area contributed by atoms with Gasteiger partial charge in [-0.05, 0) is 24.6 Å². The van der Waals surface area contributed by atoms with E-state index >= 15 is 0 Å². The highest BCUT2D eigenvalue weighted by Gasteiger charge is 2.16. The van der Waals surface area contributed by atoms with E-state index in [1.54, 1.807) is 0 Å². The number of hydrogen-bond donors (Lipinski definition) is 1. The van der Waals surface area contributed by atoms with Gasteiger partial charge in [-0.15, -0.1) is 0 Å². The highest BCUT2D eigenvalue weighted by atomic mass is 15.1. The van der Waals surface area contributed by atoms with Crippen LogP contribution in [-0.2, 0) is 0 Å². The molecule has 0 unspecified atom stereocenters. The zero-order valence-corrected chi connectivity index (χ0v) is 10.7. The van der Waals surface area contributed by atoms with E-state index in [2.05, 4.69) is 49.9 Å². The summed E-state index contributed by atoms with van der Waals surface area (Å²) in [7, 11) is 0. The molecule has 90 valence electrons. The first-order valence-corrected chi connectivity index (χ1v) is 6.21. The second-order valence-electron chi connectivity index (χ2n) is 4.40. The molecule has 1 aromatic rings. The van der Waals surface area contributed by atoms with Gasteiger partial charge in [0.2, 0.25) is 0 Å². The largest absolute Gasteiger partial charge is 0.324 e. The molecular weight excluding hydrogens is 196 g/mol. The third-order valence-electron chi connectivity index (χ3n) is 3.24. The van der Waals surface area contributed by atoms with Crippen LogP contribution in [0.5, 0.6) is 0 Å². The number of rotatable bonds is 6. The number of nitrogens with zero attached hydrogens (tertiary/aromatic N) is 1. The van der Waals surface area contributed by atoms with Gasteiger partial charge in [-0.25, -0.2) is 0 Å². The zero-order chi connectivity index (χ0) is 12.0. The SMILES string of the molecule is CCN(CC)C[C@H](C)[C@@H](N)c1ccccc1. The zero-order valence-electron chi connectivity index (χ0n) is 10.7. The Bertz CT molecular complexity index is 280. The molecule has 2 nitrogen and oxygen atoms in total. The molecule has 0 saturated heterocycles. The molecule has 0 amide bonds. The predicted molar refractivity (Wildman–Crippen MR) is 70.3 cm³/mol. The van der Waals surface area contributed by atoms with Crippen LogP contribution in [0, 0.1) is 5.92 Å². The Kier molecular flexibility index (Phi) is 5.50. The Hall–Kier alpha value is -0.860. The lowest BCUT2D eigenvalue weighted by Crippen LogP contribution is -2.33. The summed E-state index contributed by atoms with van der Waals surface area (Å²) in [5.41, 5.74) is 7.51. The standard InChI is InChI=1S/C14H24N2/c1-4-16(5-2)11-12(3)14(15)13-9-7-6-8-10-13/h6-10,12,14H,4-5,11,15H2,1-3H3/t12-,14+/m0/s1. The van der Waals surface area contributed by atoms with Crippen molar-refractivity contribution in [2.24, 2.45) is 11.7 Å². The van der Waals surface area contributed by atoms with Crippen LogP contribution in [0.4, 0.5) is 0 Å². The van der Waals surface area contributed by atoms with Crippen molar-refractivity contribution in [1.29, 1.82) is 0 Å². The molecule has 0 fully saturated rings. The van der Waals surface area contributed by atoms with E-state index < -0.39 is 0 Å². The molecule has 0 bridgehead atoms. The van der Waals surface area contributed by atoms with Crippen molar-refractivity contribution in [1.82, 2.24) is 4.90 Å². The van der Waals surface area contributed by atoms with Crippen molar-refractivity contribution in [2.45, 2.75) is 26.8 Å². The molecule has 1 rings (SSSR count). The molecule has 0 spiro atoms. The fourth-order valence-corrected chi connectivity index (χ4v) is 2.01. The number of nitrogens with two attached hydrogens (primary N) is 1. The lowest BCUT2D eigenvalue weighted by Gasteiger charge is -2.27. The average molecular weight is 220 g/mol. The normalized spacial score (nSPS) is 15.1. The maximum absolute atomic E-state index is 6.27. The minimum atomic E-state index is 0.141. The number of hydrogen-bond acceptors (Lipinski definition) is 2. The van der Waals surface area contributed by atoms with Crippen LogP contribution in [-0.4, -0.2) is 24.5 Å². The molecule has 2 atom stereocenters. The first kappa shape index (κ1) is 13.2. The highest BCUT2D eigenvalue weighted by molar-refractivity contribution is 5.19. The highest BCUT2D eigenvalue weighted by Crippen LogP contribution is 2.19. The van der Waals surface area contributed by atoms with Crippen LogP contribution in [0.25, 0.3) is 0 Å². The molecule has 0 aliphatic rings. The second kappa shape index (κ2) is 6.66. The molecule has 0 aliphatic heterocycles. The lowest BCUT2D eigenvalue weighted by molar-refractivity contribution is 0.242. The molecule has 0 aliphatic carbocycles. The molecule has 0 saturated carbocycles. The van der Waals surface area contributed by atoms with Crippen LogP contribution in [0.2, 0.25) is 0 Å². The van der Waals surface area contributed by atoms with Gasteiger partial charge in [-0.3, -0.25) is 0 Å². The van der Waals surface area contributed by atoms with Crippen LogP contribution < -0.4 is 5.73 Å². The molecule has 2 N–H and O–H groups in total. The van der Waals surface area contributed by atoms with E-state index in [0.717, 1.165) is 19.6 Å². The summed E-state index contributed by atoms with van der Waals surface area (Å²) in [6, 6.07) is 10.5. The van der Waals surface area contributed by atoms with Crippen molar-refractivity contribution >= 4 is 0 Å². The fraction of sp³-hybridized carbons (Fsp3) is 0.571. The number of benzene rings is 1. The van der Waals surface area contributed by atoms with Gasteiger partial charge >= 0.3 is 0 Å². The molecule has 2 heteroatoms. The molecule has 0 radical (unpaired) electrons. The summed E-state index contributed by atoms with van der Waals surface area (Å²) in [5.74, 6) is 0.488. The summed E-state index contributed by atoms with van der Waals surface area (Å²) in [6.07, 6.45) is 0. The van der Waals surface area contributed by atoms with E-state index in [-0.39, 0.29) is 6.04 Å². The summed E-state index contributed by atoms with van der Waals surface area (Å²) >= 11 is 0. The van der Waals surface area contributed by atoms with Gasteiger partial charge in [0, 0.05) is 12.6 Å². The van der Waals surface area contributed by atoms with Crippen LogP contribution in [0.15, 0.2) is 30.3 Å². The van der Waals surface area contributed by atoms with Gasteiger partial charge in [0.05, 0.1) is 0 Å². The first-order valence-electron chi connectivity index (χ1n) is 6.21. The van der Waals surface area contributed by atoms with E-state index in [1.165, 1.54) is 5.56 Å². The van der Waals surface area contributed by atoms with E-state index in [0.29, 0.717) is 5.92 Å². The quantitative estimate of drug-likeness (QED) is 0.798. The Morgan fingerprint density at radius 3 is 2.19 bits per heavy atom. The molecule has 1 aromatic carbocycles. The summed E-state index contributed by atoms with van der Waals surface area (Å²) in [5, 5.41) is 0. The Labute approximate surface area is 99.5 Å². The Morgan fingerprint density at radius 1 is 1.12 bits per heavy atom. The first-order chi connectivity index (χ1) is 7.69. The second-order valence-corrected chi connectivity index (χ2v) is 4.40. The van der Waals surface area contributed by atoms with E-state index in [4.69, 9.17) is 5.73 Å². The fourth-order valence-electron chi connectivity index (χ4n) is 2.01. The van der Waals surface area contributed by atoms with Crippen LogP contribution in [0.3, 0.4) is 0 Å². The minimum absolute atomic E-state index is 0.141. The smallest absolute Gasteiger partial charge is 0.0333 e. The maximum Gasteiger partial charge on any atom is 0.0333 e. The van der Waals surface area contributed by atoms with Crippen LogP contribution >= 0.6 is 0 Å². The summed E-state index contributed by atoms with van der Waals surface area (Å²) in [6.45, 7) is 9.90. The van der Waals surface area contributed by atoms with Gasteiger partial charge in [0.25, 0.3) is 0 Å². The summed E-state index contributed by atoms with van der Waals surface area (Å²) < 4.78 is 0. The van der Waals surface area contributed by atoms with Gasteiger partial charge in [-0.1, -0.05) is 51.1 Å². The van der Waals surface area contributed by atoms with E-state index in [1.807, 2.05) is 6.07 Å².